The van der Waals surface area contributed by atoms with Crippen molar-refractivity contribution in [3.05, 3.63) is 119 Å². The van der Waals surface area contributed by atoms with Gasteiger partial charge in [0, 0.05) is 24.8 Å². The first-order valence-corrected chi connectivity index (χ1v) is 12.0. The maximum absolute atomic E-state index is 12.8. The summed E-state index contributed by atoms with van der Waals surface area (Å²) in [6.45, 7) is 0.345. The summed E-state index contributed by atoms with van der Waals surface area (Å²) in [5.41, 5.74) is 4.24. The maximum atomic E-state index is 12.8. The summed E-state index contributed by atoms with van der Waals surface area (Å²) < 4.78 is 6.47. The van der Waals surface area contributed by atoms with Crippen LogP contribution in [0.5, 0.6) is 5.75 Å². The Labute approximate surface area is 213 Å². The van der Waals surface area contributed by atoms with E-state index < -0.39 is 0 Å². The van der Waals surface area contributed by atoms with E-state index in [9.17, 15) is 9.59 Å². The zero-order valence-electron chi connectivity index (χ0n) is 19.3. The number of benzene rings is 4. The van der Waals surface area contributed by atoms with Crippen molar-refractivity contribution in [3.63, 3.8) is 0 Å². The zero-order valence-corrected chi connectivity index (χ0v) is 20.9. The van der Waals surface area contributed by atoms with E-state index in [-0.39, 0.29) is 18.4 Å². The second kappa shape index (κ2) is 11.5. The minimum absolute atomic E-state index is 0.122. The van der Waals surface area contributed by atoms with E-state index >= 15 is 0 Å². The molecule has 4 aromatic rings. The van der Waals surface area contributed by atoms with Crippen molar-refractivity contribution >= 4 is 33.4 Å². The highest BCUT2D eigenvalue weighted by atomic mass is 79.9. The van der Waals surface area contributed by atoms with Gasteiger partial charge in [-0.25, -0.2) is 0 Å². The fourth-order valence-corrected chi connectivity index (χ4v) is 4.14. The predicted octanol–water partition coefficient (Wildman–Crippen LogP) is 6.41. The molecule has 35 heavy (non-hydrogen) atoms. The van der Waals surface area contributed by atoms with Crippen molar-refractivity contribution in [3.8, 4) is 16.9 Å². The molecule has 4 aromatic carbocycles. The number of carbonyl (C=O) groups is 2. The molecule has 6 heteroatoms. The lowest BCUT2D eigenvalue weighted by molar-refractivity contribution is -0.118. The van der Waals surface area contributed by atoms with E-state index in [1.54, 1.807) is 36.2 Å². The van der Waals surface area contributed by atoms with Gasteiger partial charge in [-0.2, -0.15) is 0 Å². The standard InChI is InChI=1S/C29H25BrN2O3/c1-32(19-21-9-4-2-5-10-21)29(34)24-13-8-14-25(17-24)31-28(33)20-35-27-16-15-23(18-26(27)30)22-11-6-3-7-12-22/h2-18H,19-20H2,1H3,(H,31,33). The lowest BCUT2D eigenvalue weighted by Gasteiger charge is -2.18. The average molecular weight is 529 g/mol. The number of amides is 2. The molecule has 0 aliphatic carbocycles. The van der Waals surface area contributed by atoms with Crippen molar-refractivity contribution in [2.75, 3.05) is 19.0 Å². The molecule has 0 atom stereocenters. The van der Waals surface area contributed by atoms with Crippen LogP contribution in [0.2, 0.25) is 0 Å². The molecule has 0 radical (unpaired) electrons. The molecule has 1 N–H and O–H groups in total. The fourth-order valence-electron chi connectivity index (χ4n) is 3.65. The van der Waals surface area contributed by atoms with Gasteiger partial charge in [-0.3, -0.25) is 9.59 Å². The molecule has 0 aliphatic heterocycles. The van der Waals surface area contributed by atoms with E-state index in [0.717, 1.165) is 21.2 Å². The number of rotatable bonds is 8. The number of carbonyl (C=O) groups excluding carboxylic acids is 2. The third-order valence-corrected chi connectivity index (χ3v) is 6.02. The number of nitrogens with zero attached hydrogens (tertiary/aromatic N) is 1. The van der Waals surface area contributed by atoms with Gasteiger partial charge in [0.05, 0.1) is 4.47 Å². The van der Waals surface area contributed by atoms with Crippen molar-refractivity contribution < 1.29 is 14.3 Å². The molecule has 2 amide bonds. The predicted molar refractivity (Wildman–Crippen MR) is 142 cm³/mol. The lowest BCUT2D eigenvalue weighted by atomic mass is 10.1. The van der Waals surface area contributed by atoms with Crippen LogP contribution in [0.15, 0.2) is 108 Å². The maximum Gasteiger partial charge on any atom is 0.262 e. The van der Waals surface area contributed by atoms with Gasteiger partial charge < -0.3 is 15.0 Å². The van der Waals surface area contributed by atoms with Crippen molar-refractivity contribution in [2.24, 2.45) is 0 Å². The van der Waals surface area contributed by atoms with E-state index in [0.29, 0.717) is 23.5 Å². The minimum Gasteiger partial charge on any atom is -0.483 e. The van der Waals surface area contributed by atoms with E-state index in [1.807, 2.05) is 78.9 Å². The minimum atomic E-state index is -0.314. The molecule has 5 nitrogen and oxygen atoms in total. The molecule has 0 aliphatic rings. The summed E-state index contributed by atoms with van der Waals surface area (Å²) in [6.07, 6.45) is 0. The summed E-state index contributed by atoms with van der Waals surface area (Å²) in [5.74, 6) is 0.140. The third kappa shape index (κ3) is 6.58. The summed E-state index contributed by atoms with van der Waals surface area (Å²) in [7, 11) is 1.76. The van der Waals surface area contributed by atoms with E-state index in [1.165, 1.54) is 0 Å². The van der Waals surface area contributed by atoms with Crippen LogP contribution >= 0.6 is 15.9 Å². The van der Waals surface area contributed by atoms with Crippen molar-refractivity contribution in [2.45, 2.75) is 6.54 Å². The summed E-state index contributed by atoms with van der Waals surface area (Å²) in [5, 5.41) is 2.80. The first-order chi connectivity index (χ1) is 17.0. The molecule has 0 saturated carbocycles. The summed E-state index contributed by atoms with van der Waals surface area (Å²) in [4.78, 5) is 27.0. The Hall–Kier alpha value is -3.90. The summed E-state index contributed by atoms with van der Waals surface area (Å²) >= 11 is 3.53. The van der Waals surface area contributed by atoms with Crippen LogP contribution in [0.1, 0.15) is 15.9 Å². The lowest BCUT2D eigenvalue weighted by Crippen LogP contribution is -2.26. The number of halogens is 1. The smallest absolute Gasteiger partial charge is 0.262 e. The highest BCUT2D eigenvalue weighted by Gasteiger charge is 2.14. The molecule has 0 aromatic heterocycles. The van der Waals surface area contributed by atoms with Crippen LogP contribution < -0.4 is 10.1 Å². The molecule has 4 rings (SSSR count). The Balaban J connectivity index is 1.34. The molecule has 0 spiro atoms. The first-order valence-electron chi connectivity index (χ1n) is 11.2. The molecule has 0 fully saturated rings. The number of nitrogens with one attached hydrogen (secondary N) is 1. The largest absolute Gasteiger partial charge is 0.483 e. The van der Waals surface area contributed by atoms with Gasteiger partial charge >= 0.3 is 0 Å². The van der Waals surface area contributed by atoms with Crippen molar-refractivity contribution in [1.82, 2.24) is 4.90 Å². The normalized spacial score (nSPS) is 10.5. The highest BCUT2D eigenvalue weighted by Crippen LogP contribution is 2.30. The second-order valence-corrected chi connectivity index (χ2v) is 8.93. The van der Waals surface area contributed by atoms with Crippen LogP contribution in [0.4, 0.5) is 5.69 Å². The van der Waals surface area contributed by atoms with Crippen LogP contribution in [0.3, 0.4) is 0 Å². The van der Waals surface area contributed by atoms with Crippen LogP contribution in [0, 0.1) is 0 Å². The third-order valence-electron chi connectivity index (χ3n) is 5.40. The Kier molecular flexibility index (Phi) is 7.95. The Morgan fingerprint density at radius 2 is 1.54 bits per heavy atom. The van der Waals surface area contributed by atoms with E-state index in [2.05, 4.69) is 21.2 Å². The van der Waals surface area contributed by atoms with Crippen molar-refractivity contribution in [1.29, 1.82) is 0 Å². The number of anilines is 1. The van der Waals surface area contributed by atoms with Crippen LogP contribution in [-0.2, 0) is 11.3 Å². The number of ether oxygens (including phenoxy) is 1. The Morgan fingerprint density at radius 1 is 0.829 bits per heavy atom. The van der Waals surface area contributed by atoms with E-state index in [4.69, 9.17) is 4.74 Å². The van der Waals surface area contributed by atoms with Gasteiger partial charge in [-0.1, -0.05) is 72.8 Å². The quantitative estimate of drug-likeness (QED) is 0.287. The van der Waals surface area contributed by atoms with Gasteiger partial charge in [-0.15, -0.1) is 0 Å². The highest BCUT2D eigenvalue weighted by molar-refractivity contribution is 9.10. The van der Waals surface area contributed by atoms with Crippen LogP contribution in [-0.4, -0.2) is 30.4 Å². The zero-order chi connectivity index (χ0) is 24.6. The van der Waals surface area contributed by atoms with Gasteiger partial charge in [0.15, 0.2) is 6.61 Å². The summed E-state index contributed by atoms with van der Waals surface area (Å²) in [6, 6.07) is 32.5. The monoisotopic (exact) mass is 528 g/mol. The van der Waals surface area contributed by atoms with Gasteiger partial charge in [0.2, 0.25) is 0 Å². The number of hydrogen-bond donors (Lipinski definition) is 1. The molecule has 0 saturated heterocycles. The average Bonchev–Trinajstić information content (AvgIpc) is 2.88. The Bertz CT molecular complexity index is 1310. The van der Waals surface area contributed by atoms with Crippen LogP contribution in [0.25, 0.3) is 11.1 Å². The fraction of sp³-hybridized carbons (Fsp3) is 0.103. The Morgan fingerprint density at radius 3 is 2.26 bits per heavy atom. The molecular formula is C29H25BrN2O3. The van der Waals surface area contributed by atoms with Gasteiger partial charge in [0.25, 0.3) is 11.8 Å². The molecule has 0 heterocycles. The number of hydrogen-bond acceptors (Lipinski definition) is 3. The molecule has 0 bridgehead atoms. The molecule has 176 valence electrons. The first kappa shape index (κ1) is 24.2. The SMILES string of the molecule is CN(Cc1ccccc1)C(=O)c1cccc(NC(=O)COc2ccc(-c3ccccc3)cc2Br)c1. The topological polar surface area (TPSA) is 58.6 Å². The van der Waals surface area contributed by atoms with Gasteiger partial charge in [-0.05, 0) is 63.0 Å². The second-order valence-electron chi connectivity index (χ2n) is 8.08. The molecular weight excluding hydrogens is 504 g/mol. The molecule has 0 unspecified atom stereocenters. The van der Waals surface area contributed by atoms with Gasteiger partial charge in [0.1, 0.15) is 5.75 Å².